The minimum atomic E-state index is -0.994. The van der Waals surface area contributed by atoms with Crippen LogP contribution in [0.3, 0.4) is 0 Å². The van der Waals surface area contributed by atoms with E-state index in [0.717, 1.165) is 0 Å². The molecular formula is C15H7BrCl3NO. The van der Waals surface area contributed by atoms with Crippen molar-refractivity contribution in [2.24, 2.45) is 0 Å². The molecule has 0 N–H and O–H groups in total. The van der Waals surface area contributed by atoms with Gasteiger partial charge >= 0.3 is 0 Å². The third-order valence-electron chi connectivity index (χ3n) is 2.86. The Labute approximate surface area is 145 Å². The second-order valence-corrected chi connectivity index (χ2v) is 6.36. The Hall–Kier alpha value is -1.05. The Bertz CT molecular complexity index is 755. The Morgan fingerprint density at radius 2 is 1.71 bits per heavy atom. The number of benzene rings is 2. The summed E-state index contributed by atoms with van der Waals surface area (Å²) in [4.78, 5) is 12.5. The zero-order valence-corrected chi connectivity index (χ0v) is 14.3. The van der Waals surface area contributed by atoms with Gasteiger partial charge in [-0.15, -0.1) is 0 Å². The second kappa shape index (κ2) is 6.81. The van der Waals surface area contributed by atoms with Crippen molar-refractivity contribution in [3.05, 3.63) is 67.1 Å². The van der Waals surface area contributed by atoms with Crippen LogP contribution < -0.4 is 0 Å². The normalized spacial score (nSPS) is 11.8. The van der Waals surface area contributed by atoms with E-state index >= 15 is 0 Å². The van der Waals surface area contributed by atoms with Gasteiger partial charge in [-0.3, -0.25) is 4.79 Å². The maximum atomic E-state index is 12.5. The van der Waals surface area contributed by atoms with Gasteiger partial charge in [-0.2, -0.15) is 5.26 Å². The van der Waals surface area contributed by atoms with E-state index in [4.69, 9.17) is 34.8 Å². The van der Waals surface area contributed by atoms with Crippen molar-refractivity contribution >= 4 is 56.5 Å². The molecule has 2 rings (SSSR count). The SMILES string of the molecule is N#CC(C(=O)c1cc(Br)ccc1Cl)c1ccc(Cl)c(Cl)c1. The number of halogens is 4. The van der Waals surface area contributed by atoms with Crippen molar-refractivity contribution in [1.82, 2.24) is 0 Å². The largest absolute Gasteiger partial charge is 0.292 e. The molecule has 1 atom stereocenters. The lowest BCUT2D eigenvalue weighted by Crippen LogP contribution is -2.12. The Morgan fingerprint density at radius 3 is 2.33 bits per heavy atom. The van der Waals surface area contributed by atoms with Gasteiger partial charge in [0.1, 0.15) is 5.92 Å². The van der Waals surface area contributed by atoms with Crippen LogP contribution in [0.5, 0.6) is 0 Å². The zero-order valence-electron chi connectivity index (χ0n) is 10.4. The van der Waals surface area contributed by atoms with Crippen LogP contribution >= 0.6 is 50.7 Å². The Morgan fingerprint density at radius 1 is 1.05 bits per heavy atom. The summed E-state index contributed by atoms with van der Waals surface area (Å²) in [5.74, 6) is -1.38. The fourth-order valence-corrected chi connectivity index (χ4v) is 2.70. The highest BCUT2D eigenvalue weighted by Gasteiger charge is 2.24. The van der Waals surface area contributed by atoms with Crippen LogP contribution in [0.25, 0.3) is 0 Å². The molecule has 0 bridgehead atoms. The van der Waals surface area contributed by atoms with Gasteiger partial charge in [0.15, 0.2) is 5.78 Å². The van der Waals surface area contributed by atoms with Crippen molar-refractivity contribution < 1.29 is 4.79 Å². The monoisotopic (exact) mass is 401 g/mol. The number of nitrogens with zero attached hydrogens (tertiary/aromatic N) is 1. The van der Waals surface area contributed by atoms with E-state index in [2.05, 4.69) is 15.9 Å². The van der Waals surface area contributed by atoms with Gasteiger partial charge in [0.05, 0.1) is 21.1 Å². The highest BCUT2D eigenvalue weighted by atomic mass is 79.9. The molecule has 106 valence electrons. The molecule has 0 aliphatic carbocycles. The van der Waals surface area contributed by atoms with Crippen molar-refractivity contribution in [3.63, 3.8) is 0 Å². The van der Waals surface area contributed by atoms with E-state index in [9.17, 15) is 10.1 Å². The van der Waals surface area contributed by atoms with Crippen LogP contribution in [0.15, 0.2) is 40.9 Å². The van der Waals surface area contributed by atoms with Crippen molar-refractivity contribution in [3.8, 4) is 6.07 Å². The van der Waals surface area contributed by atoms with Crippen LogP contribution in [0.1, 0.15) is 21.8 Å². The summed E-state index contributed by atoms with van der Waals surface area (Å²) in [6.45, 7) is 0. The van der Waals surface area contributed by atoms with Gasteiger partial charge in [-0.25, -0.2) is 0 Å². The standard InChI is InChI=1S/C15H7BrCl3NO/c16-9-2-4-12(17)10(6-9)15(21)11(7-20)8-1-3-13(18)14(19)5-8/h1-6,11H. The smallest absolute Gasteiger partial charge is 0.185 e. The summed E-state index contributed by atoms with van der Waals surface area (Å²) in [5.41, 5.74) is 0.761. The number of rotatable bonds is 3. The van der Waals surface area contributed by atoms with Crippen molar-refractivity contribution in [1.29, 1.82) is 5.26 Å². The second-order valence-electron chi connectivity index (χ2n) is 4.22. The molecule has 0 saturated heterocycles. The Kier molecular flexibility index (Phi) is 5.29. The average molecular weight is 403 g/mol. The average Bonchev–Trinajstić information content (AvgIpc) is 2.46. The van der Waals surface area contributed by atoms with E-state index in [1.807, 2.05) is 6.07 Å². The highest BCUT2D eigenvalue weighted by Crippen LogP contribution is 2.30. The minimum Gasteiger partial charge on any atom is -0.292 e. The third-order valence-corrected chi connectivity index (χ3v) is 4.42. The number of carbonyl (C=O) groups is 1. The molecule has 6 heteroatoms. The van der Waals surface area contributed by atoms with E-state index < -0.39 is 5.92 Å². The molecule has 0 aliphatic rings. The summed E-state index contributed by atoms with van der Waals surface area (Å²) < 4.78 is 0.709. The number of Topliss-reactive ketones (excluding diaryl/α,β-unsaturated/α-hetero) is 1. The number of carbonyl (C=O) groups excluding carboxylic acids is 1. The summed E-state index contributed by atoms with van der Waals surface area (Å²) in [6.07, 6.45) is 0. The van der Waals surface area contributed by atoms with Crippen LogP contribution in [0.4, 0.5) is 0 Å². The maximum Gasteiger partial charge on any atom is 0.185 e. The van der Waals surface area contributed by atoms with E-state index in [1.54, 1.807) is 30.3 Å². The zero-order chi connectivity index (χ0) is 15.6. The highest BCUT2D eigenvalue weighted by molar-refractivity contribution is 9.10. The quantitative estimate of drug-likeness (QED) is 0.599. The van der Waals surface area contributed by atoms with E-state index in [0.29, 0.717) is 25.1 Å². The van der Waals surface area contributed by atoms with Gasteiger partial charge in [0.25, 0.3) is 0 Å². The molecule has 0 aromatic heterocycles. The molecular weight excluding hydrogens is 396 g/mol. The van der Waals surface area contributed by atoms with Gasteiger partial charge < -0.3 is 0 Å². The van der Waals surface area contributed by atoms with Gasteiger partial charge in [0, 0.05) is 10.0 Å². The molecule has 0 fully saturated rings. The lowest BCUT2D eigenvalue weighted by Gasteiger charge is -2.11. The first kappa shape index (κ1) is 16.3. The molecule has 0 heterocycles. The minimum absolute atomic E-state index is 0.281. The maximum absolute atomic E-state index is 12.5. The van der Waals surface area contributed by atoms with Crippen molar-refractivity contribution in [2.45, 2.75) is 5.92 Å². The Balaban J connectivity index is 2.46. The molecule has 0 amide bonds. The van der Waals surface area contributed by atoms with E-state index in [1.165, 1.54) is 6.07 Å². The van der Waals surface area contributed by atoms with Crippen LogP contribution in [-0.4, -0.2) is 5.78 Å². The first-order chi connectivity index (χ1) is 9.93. The lowest BCUT2D eigenvalue weighted by atomic mass is 9.92. The topological polar surface area (TPSA) is 40.9 Å². The first-order valence-corrected chi connectivity index (χ1v) is 7.70. The molecule has 21 heavy (non-hydrogen) atoms. The number of hydrogen-bond acceptors (Lipinski definition) is 2. The summed E-state index contributed by atoms with van der Waals surface area (Å²) in [7, 11) is 0. The summed E-state index contributed by atoms with van der Waals surface area (Å²) >= 11 is 21.1. The van der Waals surface area contributed by atoms with Crippen LogP contribution in [0, 0.1) is 11.3 Å². The number of hydrogen-bond donors (Lipinski definition) is 0. The number of ketones is 1. The molecule has 2 aromatic rings. The molecule has 2 nitrogen and oxygen atoms in total. The molecule has 1 unspecified atom stereocenters. The summed E-state index contributed by atoms with van der Waals surface area (Å²) in [6, 6.07) is 11.6. The first-order valence-electron chi connectivity index (χ1n) is 5.78. The summed E-state index contributed by atoms with van der Waals surface area (Å²) in [5, 5.41) is 10.3. The predicted molar refractivity (Wildman–Crippen MR) is 88.3 cm³/mol. The lowest BCUT2D eigenvalue weighted by molar-refractivity contribution is 0.0979. The number of nitriles is 1. The van der Waals surface area contributed by atoms with Gasteiger partial charge in [-0.1, -0.05) is 56.8 Å². The molecule has 0 saturated carbocycles. The molecule has 0 aliphatic heterocycles. The van der Waals surface area contributed by atoms with E-state index in [-0.39, 0.29) is 11.3 Å². The predicted octanol–water partition coefficient (Wildman–Crippen LogP) is 5.90. The van der Waals surface area contributed by atoms with Crippen LogP contribution in [0.2, 0.25) is 15.1 Å². The van der Waals surface area contributed by atoms with Crippen molar-refractivity contribution in [2.75, 3.05) is 0 Å². The van der Waals surface area contributed by atoms with Gasteiger partial charge in [-0.05, 0) is 35.9 Å². The molecule has 2 aromatic carbocycles. The van der Waals surface area contributed by atoms with Gasteiger partial charge in [0.2, 0.25) is 0 Å². The van der Waals surface area contributed by atoms with Crippen LogP contribution in [-0.2, 0) is 0 Å². The molecule has 0 spiro atoms. The fraction of sp³-hybridized carbons (Fsp3) is 0.0667. The third kappa shape index (κ3) is 3.59. The molecule has 0 radical (unpaired) electrons. The fourth-order valence-electron chi connectivity index (χ4n) is 1.82.